The van der Waals surface area contributed by atoms with Crippen LogP contribution < -0.4 is 0 Å². The summed E-state index contributed by atoms with van der Waals surface area (Å²) in [5, 5.41) is 2.91. The number of unbranched alkanes of at least 4 members (excludes halogenated alkanes) is 1. The Labute approximate surface area is 178 Å². The van der Waals surface area contributed by atoms with Crippen molar-refractivity contribution in [3.63, 3.8) is 0 Å². The summed E-state index contributed by atoms with van der Waals surface area (Å²) in [5.41, 5.74) is 2.88. The van der Waals surface area contributed by atoms with E-state index in [4.69, 9.17) is 0 Å². The van der Waals surface area contributed by atoms with Crippen LogP contribution in [0.1, 0.15) is 30.9 Å². The summed E-state index contributed by atoms with van der Waals surface area (Å²) < 4.78 is -1.72. The number of pyridine rings is 2. The SMILES string of the molecule is CCCC[Se]CCP(C)(I)(CCc1ccncc1)CCc1ccncc1. The van der Waals surface area contributed by atoms with Crippen molar-refractivity contribution in [1.29, 1.82) is 0 Å². The molecular formula is C21H32IN2PSe. The van der Waals surface area contributed by atoms with Gasteiger partial charge in [0.05, 0.1) is 0 Å². The van der Waals surface area contributed by atoms with Crippen LogP contribution in [0.4, 0.5) is 0 Å². The molecule has 2 rings (SSSR count). The molecule has 0 bridgehead atoms. The second-order valence-corrected chi connectivity index (χ2v) is 24.7. The number of aromatic nitrogens is 2. The van der Waals surface area contributed by atoms with Crippen LogP contribution in [-0.4, -0.2) is 50.1 Å². The van der Waals surface area contributed by atoms with E-state index < -0.39 is 4.25 Å². The van der Waals surface area contributed by atoms with E-state index in [1.54, 1.807) is 0 Å². The summed E-state index contributed by atoms with van der Waals surface area (Å²) in [7, 11) is 0. The van der Waals surface area contributed by atoms with E-state index in [9.17, 15) is 0 Å². The van der Waals surface area contributed by atoms with Gasteiger partial charge in [0.25, 0.3) is 0 Å². The van der Waals surface area contributed by atoms with E-state index in [2.05, 4.69) is 69.9 Å². The van der Waals surface area contributed by atoms with Crippen molar-refractivity contribution in [2.24, 2.45) is 0 Å². The van der Waals surface area contributed by atoms with Gasteiger partial charge >= 0.3 is 180 Å². The molecule has 0 aliphatic heterocycles. The quantitative estimate of drug-likeness (QED) is 0.138. The molecule has 5 heteroatoms. The zero-order chi connectivity index (χ0) is 18.7. The average Bonchev–Trinajstić information content (AvgIpc) is 2.67. The first-order valence-electron chi connectivity index (χ1n) is 9.58. The van der Waals surface area contributed by atoms with E-state index in [0.717, 1.165) is 15.0 Å². The van der Waals surface area contributed by atoms with Crippen molar-refractivity contribution in [1.82, 2.24) is 9.97 Å². The normalized spacial score (nSPS) is 13.3. The first-order valence-corrected chi connectivity index (χ1v) is 18.0. The third kappa shape index (κ3) is 8.33. The second kappa shape index (κ2) is 11.1. The monoisotopic (exact) mass is 550 g/mol. The predicted octanol–water partition coefficient (Wildman–Crippen LogP) is 6.14. The van der Waals surface area contributed by atoms with Crippen LogP contribution >= 0.6 is 26.3 Å². The molecule has 0 spiro atoms. The molecule has 0 fully saturated rings. The molecule has 2 aromatic rings. The summed E-state index contributed by atoms with van der Waals surface area (Å²) in [5.74, 6) is 0. The van der Waals surface area contributed by atoms with E-state index in [-0.39, 0.29) is 0 Å². The summed E-state index contributed by atoms with van der Waals surface area (Å²) in [6.45, 7) is 4.95. The molecule has 2 aromatic heterocycles. The number of halogens is 1. The van der Waals surface area contributed by atoms with Crippen molar-refractivity contribution in [2.45, 2.75) is 43.2 Å². The molecule has 0 aliphatic carbocycles. The molecule has 2 nitrogen and oxygen atoms in total. The number of hydrogen-bond acceptors (Lipinski definition) is 2. The van der Waals surface area contributed by atoms with Gasteiger partial charge < -0.3 is 0 Å². The molecule has 0 amide bonds. The van der Waals surface area contributed by atoms with Crippen molar-refractivity contribution in [3.05, 3.63) is 60.2 Å². The van der Waals surface area contributed by atoms with Gasteiger partial charge in [0, 0.05) is 0 Å². The number of nitrogens with zero attached hydrogens (tertiary/aromatic N) is 2. The van der Waals surface area contributed by atoms with Gasteiger partial charge in [-0.05, 0) is 0 Å². The standard InChI is InChI=1S/C21H32IN2PSe/c1-3-4-18-26-19-17-25(2,22,15-9-20-5-11-23-12-6-20)16-10-21-7-13-24-14-8-21/h5-8,11-14H,3-4,9-10,15-19H2,1-2H3. The van der Waals surface area contributed by atoms with Crippen LogP contribution in [-0.2, 0) is 12.8 Å². The number of aryl methyl sites for hydroxylation is 2. The van der Waals surface area contributed by atoms with Gasteiger partial charge in [-0.3, -0.25) is 0 Å². The van der Waals surface area contributed by atoms with Crippen molar-refractivity contribution in [3.8, 4) is 0 Å². The van der Waals surface area contributed by atoms with Crippen molar-refractivity contribution in [2.75, 3.05) is 25.2 Å². The molecule has 0 aromatic carbocycles. The molecule has 0 aliphatic rings. The molecule has 26 heavy (non-hydrogen) atoms. The molecule has 0 N–H and O–H groups in total. The minimum atomic E-state index is -1.72. The Morgan fingerprint density at radius 3 is 1.81 bits per heavy atom. The summed E-state index contributed by atoms with van der Waals surface area (Å²) in [6, 6.07) is 8.73. The second-order valence-electron chi connectivity index (χ2n) is 7.49. The van der Waals surface area contributed by atoms with E-state index in [0.29, 0.717) is 0 Å². The Kier molecular flexibility index (Phi) is 9.50. The van der Waals surface area contributed by atoms with Crippen molar-refractivity contribution < 1.29 is 0 Å². The first-order chi connectivity index (χ1) is 12.5. The maximum atomic E-state index is 4.17. The van der Waals surface area contributed by atoms with Gasteiger partial charge in [0.15, 0.2) is 0 Å². The summed E-state index contributed by atoms with van der Waals surface area (Å²) in [6.07, 6.45) is 17.0. The van der Waals surface area contributed by atoms with Gasteiger partial charge in [-0.1, -0.05) is 0 Å². The number of rotatable bonds is 12. The molecule has 0 radical (unpaired) electrons. The summed E-state index contributed by atoms with van der Waals surface area (Å²) in [4.78, 5) is 8.33. The Bertz CT molecular complexity index is 589. The van der Waals surface area contributed by atoms with Crippen LogP contribution in [0.3, 0.4) is 0 Å². The topological polar surface area (TPSA) is 25.8 Å². The van der Waals surface area contributed by atoms with E-state index in [1.165, 1.54) is 65.9 Å². The van der Waals surface area contributed by atoms with Crippen LogP contribution in [0, 0.1) is 0 Å². The van der Waals surface area contributed by atoms with Gasteiger partial charge in [0.2, 0.25) is 0 Å². The van der Waals surface area contributed by atoms with Gasteiger partial charge in [-0.25, -0.2) is 0 Å². The fourth-order valence-electron chi connectivity index (χ4n) is 2.98. The first kappa shape index (κ1) is 22.3. The Morgan fingerprint density at radius 2 is 1.35 bits per heavy atom. The molecular weight excluding hydrogens is 517 g/mol. The summed E-state index contributed by atoms with van der Waals surface area (Å²) >= 11 is 3.76. The minimum absolute atomic E-state index is 0.827. The van der Waals surface area contributed by atoms with Crippen LogP contribution in [0.15, 0.2) is 49.1 Å². The Balaban J connectivity index is 2.00. The van der Waals surface area contributed by atoms with Gasteiger partial charge in [-0.2, -0.15) is 0 Å². The van der Waals surface area contributed by atoms with E-state index >= 15 is 0 Å². The molecule has 2 heterocycles. The fourth-order valence-corrected chi connectivity index (χ4v) is 16.1. The molecule has 144 valence electrons. The van der Waals surface area contributed by atoms with Crippen LogP contribution in [0.5, 0.6) is 0 Å². The molecule has 0 atom stereocenters. The number of hydrogen-bond donors (Lipinski definition) is 0. The Morgan fingerprint density at radius 1 is 0.846 bits per heavy atom. The van der Waals surface area contributed by atoms with Gasteiger partial charge in [-0.15, -0.1) is 0 Å². The van der Waals surface area contributed by atoms with Crippen LogP contribution in [0.25, 0.3) is 0 Å². The zero-order valence-corrected chi connectivity index (χ0v) is 20.9. The third-order valence-electron chi connectivity index (χ3n) is 5.05. The molecule has 0 unspecified atom stereocenters. The van der Waals surface area contributed by atoms with Crippen molar-refractivity contribution >= 4 is 41.2 Å². The van der Waals surface area contributed by atoms with Gasteiger partial charge in [0.1, 0.15) is 0 Å². The predicted molar refractivity (Wildman–Crippen MR) is 128 cm³/mol. The fraction of sp³-hybridized carbons (Fsp3) is 0.524. The average molecular weight is 549 g/mol. The zero-order valence-electron chi connectivity index (χ0n) is 16.1. The Hall–Kier alpha value is -0.0205. The maximum absolute atomic E-state index is 4.17. The van der Waals surface area contributed by atoms with Crippen LogP contribution in [0.2, 0.25) is 10.6 Å². The molecule has 0 saturated carbocycles. The molecule has 0 saturated heterocycles. The van der Waals surface area contributed by atoms with E-state index in [1.807, 2.05) is 24.8 Å². The third-order valence-corrected chi connectivity index (χ3v) is 16.7.